The van der Waals surface area contributed by atoms with Gasteiger partial charge in [0, 0.05) is 26.2 Å². The molecule has 0 radical (unpaired) electrons. The minimum Gasteiger partial charge on any atom is -0.339 e. The van der Waals surface area contributed by atoms with Crippen LogP contribution in [0.25, 0.3) is 0 Å². The second-order valence-electron chi connectivity index (χ2n) is 3.21. The quantitative estimate of drug-likeness (QED) is 0.578. The second-order valence-corrected chi connectivity index (χ2v) is 4.75. The summed E-state index contributed by atoms with van der Waals surface area (Å²) in [5.41, 5.74) is 0. The molecule has 0 aliphatic carbocycles. The maximum atomic E-state index is 11.3. The lowest BCUT2D eigenvalue weighted by molar-refractivity contribution is -0.131. The van der Waals surface area contributed by atoms with Gasteiger partial charge in [0.1, 0.15) is 0 Å². The summed E-state index contributed by atoms with van der Waals surface area (Å²) >= 11 is 0. The number of carbonyl (C=O) groups is 1. The molecule has 0 bridgehead atoms. The first-order chi connectivity index (χ1) is 6.95. The lowest BCUT2D eigenvalue weighted by atomic mass is 10.3. The van der Waals surface area contributed by atoms with E-state index < -0.39 is 10.2 Å². The minimum atomic E-state index is -3.63. The molecule has 0 spiro atoms. The van der Waals surface area contributed by atoms with E-state index in [0.29, 0.717) is 13.1 Å². The van der Waals surface area contributed by atoms with Crippen molar-refractivity contribution >= 4 is 16.1 Å². The molecule has 0 aromatic rings. The first-order valence-electron chi connectivity index (χ1n) is 4.44. The molecule has 84 valence electrons. The second kappa shape index (κ2) is 4.61. The fourth-order valence-corrected chi connectivity index (χ4v) is 2.06. The van der Waals surface area contributed by atoms with E-state index >= 15 is 0 Å². The maximum absolute atomic E-state index is 11.3. The summed E-state index contributed by atoms with van der Waals surface area (Å²) < 4.78 is 23.1. The first-order valence-corrected chi connectivity index (χ1v) is 5.94. The molecule has 0 saturated carbocycles. The molecule has 1 heterocycles. The molecule has 0 unspecified atom stereocenters. The van der Waals surface area contributed by atoms with Crippen LogP contribution < -0.4 is 5.14 Å². The van der Waals surface area contributed by atoms with Crippen molar-refractivity contribution in [1.82, 2.24) is 9.21 Å². The number of terminal acetylenes is 1. The molecule has 6 nitrogen and oxygen atoms in total. The van der Waals surface area contributed by atoms with Gasteiger partial charge in [0.15, 0.2) is 0 Å². The smallest absolute Gasteiger partial charge is 0.277 e. The summed E-state index contributed by atoms with van der Waals surface area (Å²) in [6, 6.07) is 0. The van der Waals surface area contributed by atoms with Crippen LogP contribution in [0.3, 0.4) is 0 Å². The highest BCUT2D eigenvalue weighted by Crippen LogP contribution is 2.05. The van der Waals surface area contributed by atoms with E-state index in [9.17, 15) is 13.2 Å². The van der Waals surface area contributed by atoms with Crippen molar-refractivity contribution in [3.05, 3.63) is 0 Å². The van der Waals surface area contributed by atoms with Crippen LogP contribution in [0, 0.1) is 12.3 Å². The maximum Gasteiger partial charge on any atom is 0.277 e. The van der Waals surface area contributed by atoms with Crippen LogP contribution in [0.1, 0.15) is 6.42 Å². The molecule has 0 aromatic carbocycles. The van der Waals surface area contributed by atoms with E-state index in [1.165, 1.54) is 0 Å². The van der Waals surface area contributed by atoms with Gasteiger partial charge in [0.05, 0.1) is 6.42 Å². The monoisotopic (exact) mass is 231 g/mol. The van der Waals surface area contributed by atoms with Crippen LogP contribution in [0.2, 0.25) is 0 Å². The van der Waals surface area contributed by atoms with Crippen LogP contribution >= 0.6 is 0 Å². The average molecular weight is 231 g/mol. The average Bonchev–Trinajstić information content (AvgIpc) is 2.17. The van der Waals surface area contributed by atoms with E-state index in [1.807, 2.05) is 0 Å². The van der Waals surface area contributed by atoms with Gasteiger partial charge in [-0.05, 0) is 0 Å². The highest BCUT2D eigenvalue weighted by Gasteiger charge is 2.25. The highest BCUT2D eigenvalue weighted by molar-refractivity contribution is 7.86. The summed E-state index contributed by atoms with van der Waals surface area (Å²) in [5, 5.41) is 4.95. The molecule has 1 rings (SSSR count). The van der Waals surface area contributed by atoms with Crippen molar-refractivity contribution in [3.63, 3.8) is 0 Å². The van der Waals surface area contributed by atoms with Crippen LogP contribution in [0.15, 0.2) is 0 Å². The SMILES string of the molecule is C#CCC(=O)N1CCN(S(N)(=O)=O)CC1. The Morgan fingerprint density at radius 2 is 1.87 bits per heavy atom. The zero-order valence-electron chi connectivity index (χ0n) is 8.22. The Kier molecular flexibility index (Phi) is 3.68. The third-order valence-electron chi connectivity index (χ3n) is 2.20. The molecule has 15 heavy (non-hydrogen) atoms. The fraction of sp³-hybridized carbons (Fsp3) is 0.625. The molecule has 7 heteroatoms. The lowest BCUT2D eigenvalue weighted by Crippen LogP contribution is -2.52. The van der Waals surface area contributed by atoms with Crippen LogP contribution in [-0.2, 0) is 15.0 Å². The Hall–Kier alpha value is -1.10. The molecular formula is C8H13N3O3S. The van der Waals surface area contributed by atoms with E-state index in [4.69, 9.17) is 11.6 Å². The zero-order chi connectivity index (χ0) is 11.5. The van der Waals surface area contributed by atoms with Gasteiger partial charge in [0.2, 0.25) is 5.91 Å². The van der Waals surface area contributed by atoms with E-state index in [-0.39, 0.29) is 25.4 Å². The lowest BCUT2D eigenvalue weighted by Gasteiger charge is -2.32. The highest BCUT2D eigenvalue weighted by atomic mass is 32.2. The number of amides is 1. The number of carbonyl (C=O) groups excluding carboxylic acids is 1. The molecule has 0 atom stereocenters. The number of nitrogens with zero attached hydrogens (tertiary/aromatic N) is 2. The van der Waals surface area contributed by atoms with Crippen molar-refractivity contribution in [2.24, 2.45) is 5.14 Å². The topological polar surface area (TPSA) is 83.7 Å². The van der Waals surface area contributed by atoms with Crippen molar-refractivity contribution in [1.29, 1.82) is 0 Å². The molecule has 1 aliphatic rings. The molecule has 1 amide bonds. The largest absolute Gasteiger partial charge is 0.339 e. The van der Waals surface area contributed by atoms with Gasteiger partial charge >= 0.3 is 0 Å². The van der Waals surface area contributed by atoms with Gasteiger partial charge in [-0.25, -0.2) is 5.14 Å². The van der Waals surface area contributed by atoms with Crippen molar-refractivity contribution < 1.29 is 13.2 Å². The standard InChI is InChI=1S/C8H13N3O3S/c1-2-3-8(12)10-4-6-11(7-5-10)15(9,13)14/h1H,3-7H2,(H2,9,13,14). The van der Waals surface area contributed by atoms with Crippen LogP contribution in [0.5, 0.6) is 0 Å². The minimum absolute atomic E-state index is 0.0510. The van der Waals surface area contributed by atoms with Gasteiger partial charge < -0.3 is 4.90 Å². The summed E-state index contributed by atoms with van der Waals surface area (Å²) in [5.74, 6) is 2.11. The number of hydrogen-bond donors (Lipinski definition) is 1. The predicted octanol–water partition coefficient (Wildman–Crippen LogP) is -1.64. The Morgan fingerprint density at radius 1 is 1.33 bits per heavy atom. The molecule has 1 fully saturated rings. The van der Waals surface area contributed by atoms with E-state index in [1.54, 1.807) is 4.90 Å². The fourth-order valence-electron chi connectivity index (χ4n) is 1.39. The van der Waals surface area contributed by atoms with Crippen LogP contribution in [0.4, 0.5) is 0 Å². The van der Waals surface area contributed by atoms with E-state index in [2.05, 4.69) is 5.92 Å². The first kappa shape index (κ1) is 12.0. The van der Waals surface area contributed by atoms with Gasteiger partial charge in [-0.1, -0.05) is 5.92 Å². The van der Waals surface area contributed by atoms with Crippen molar-refractivity contribution in [2.45, 2.75) is 6.42 Å². The van der Waals surface area contributed by atoms with Gasteiger partial charge in [0.25, 0.3) is 10.2 Å². The Bertz CT molecular complexity index is 376. The van der Waals surface area contributed by atoms with Gasteiger partial charge in [-0.3, -0.25) is 4.79 Å². The molecule has 1 saturated heterocycles. The third kappa shape index (κ3) is 3.20. The third-order valence-corrected chi connectivity index (χ3v) is 3.29. The summed E-state index contributed by atoms with van der Waals surface area (Å²) in [6.45, 7) is 1.15. The Labute approximate surface area is 89.2 Å². The Balaban J connectivity index is 2.50. The van der Waals surface area contributed by atoms with Crippen molar-refractivity contribution in [3.8, 4) is 12.3 Å². The number of rotatable bonds is 2. The molecule has 1 aliphatic heterocycles. The van der Waals surface area contributed by atoms with Gasteiger partial charge in [-0.15, -0.1) is 6.42 Å². The molecule has 0 aromatic heterocycles. The summed E-state index contributed by atoms with van der Waals surface area (Å²) in [6.07, 6.45) is 5.06. The number of hydrogen-bond acceptors (Lipinski definition) is 3. The normalized spacial score (nSPS) is 18.5. The van der Waals surface area contributed by atoms with Crippen molar-refractivity contribution in [2.75, 3.05) is 26.2 Å². The van der Waals surface area contributed by atoms with E-state index in [0.717, 1.165) is 4.31 Å². The molecular weight excluding hydrogens is 218 g/mol. The zero-order valence-corrected chi connectivity index (χ0v) is 9.03. The predicted molar refractivity (Wildman–Crippen MR) is 54.7 cm³/mol. The summed E-state index contributed by atoms with van der Waals surface area (Å²) in [7, 11) is -3.63. The van der Waals surface area contributed by atoms with Gasteiger partial charge in [-0.2, -0.15) is 12.7 Å². The summed E-state index contributed by atoms with van der Waals surface area (Å²) in [4.78, 5) is 12.9. The number of piperazine rings is 1. The van der Waals surface area contributed by atoms with Crippen LogP contribution in [-0.4, -0.2) is 49.7 Å². The molecule has 2 N–H and O–H groups in total. The number of nitrogens with two attached hydrogens (primary N) is 1. The Morgan fingerprint density at radius 3 is 2.27 bits per heavy atom.